The van der Waals surface area contributed by atoms with Crippen molar-refractivity contribution in [3.63, 3.8) is 0 Å². The molecule has 6 rings (SSSR count). The van der Waals surface area contributed by atoms with Crippen LogP contribution in [-0.2, 0) is 9.59 Å². The molecule has 7 heteroatoms. The van der Waals surface area contributed by atoms with Crippen LogP contribution in [0.5, 0.6) is 0 Å². The molecule has 0 atom stereocenters. The van der Waals surface area contributed by atoms with Gasteiger partial charge in [0.2, 0.25) is 5.91 Å². The van der Waals surface area contributed by atoms with E-state index >= 15 is 0 Å². The van der Waals surface area contributed by atoms with Gasteiger partial charge in [0.25, 0.3) is 5.91 Å². The lowest BCUT2D eigenvalue weighted by atomic mass is 9.53. The van der Waals surface area contributed by atoms with Crippen LogP contribution in [0.3, 0.4) is 0 Å². The van der Waals surface area contributed by atoms with Gasteiger partial charge in [0.15, 0.2) is 0 Å². The molecule has 0 unspecified atom stereocenters. The first kappa shape index (κ1) is 21.7. The number of thiophene rings is 1. The summed E-state index contributed by atoms with van der Waals surface area (Å²) in [7, 11) is 0. The standard InChI is InChI=1S/C24H30N2O2S3/c27-21(25-24-13-16-9-17(14-24)11-18(10-16)15-24)6-2-1-3-7-26-22(28)20(31-23(26)29)12-19-5-4-8-30-19/h4-5,8,12,16-18H,1-3,6-7,9-11,13-15H2,(H,25,27). The summed E-state index contributed by atoms with van der Waals surface area (Å²) in [4.78, 5) is 28.8. The molecule has 5 fully saturated rings. The summed E-state index contributed by atoms with van der Waals surface area (Å²) in [5.74, 6) is 2.80. The van der Waals surface area contributed by atoms with Gasteiger partial charge in [-0.3, -0.25) is 14.5 Å². The van der Waals surface area contributed by atoms with Crippen molar-refractivity contribution < 1.29 is 9.59 Å². The molecule has 1 aromatic rings. The summed E-state index contributed by atoms with van der Waals surface area (Å²) in [6.45, 7) is 0.642. The molecule has 4 aliphatic carbocycles. The van der Waals surface area contributed by atoms with Gasteiger partial charge in [-0.15, -0.1) is 11.3 Å². The maximum absolute atomic E-state index is 12.7. The van der Waals surface area contributed by atoms with Gasteiger partial charge in [0, 0.05) is 23.4 Å². The van der Waals surface area contributed by atoms with Crippen molar-refractivity contribution >= 4 is 57.5 Å². The fraction of sp³-hybridized carbons (Fsp3) is 0.625. The minimum absolute atomic E-state index is 0.0166. The van der Waals surface area contributed by atoms with Crippen molar-refractivity contribution in [1.29, 1.82) is 0 Å². The van der Waals surface area contributed by atoms with Gasteiger partial charge in [-0.2, -0.15) is 0 Å². The highest BCUT2D eigenvalue weighted by Crippen LogP contribution is 2.55. The average molecular weight is 475 g/mol. The number of rotatable bonds is 8. The third-order valence-corrected chi connectivity index (χ3v) is 9.62. The molecule has 166 valence electrons. The number of hydrogen-bond donors (Lipinski definition) is 1. The Hall–Kier alpha value is -1.18. The molecule has 4 saturated carbocycles. The molecule has 1 aromatic heterocycles. The van der Waals surface area contributed by atoms with Gasteiger partial charge in [0.1, 0.15) is 4.32 Å². The highest BCUT2D eigenvalue weighted by atomic mass is 32.2. The van der Waals surface area contributed by atoms with Crippen LogP contribution in [0.15, 0.2) is 22.4 Å². The van der Waals surface area contributed by atoms with Crippen LogP contribution in [0.2, 0.25) is 0 Å². The quantitative estimate of drug-likeness (QED) is 0.303. The summed E-state index contributed by atoms with van der Waals surface area (Å²) in [6.07, 6.45) is 13.0. The van der Waals surface area contributed by atoms with Crippen molar-refractivity contribution in [2.45, 2.75) is 69.7 Å². The molecule has 31 heavy (non-hydrogen) atoms. The fourth-order valence-corrected chi connectivity index (χ4v) is 8.58. The lowest BCUT2D eigenvalue weighted by Gasteiger charge is -2.56. The van der Waals surface area contributed by atoms with Gasteiger partial charge in [-0.25, -0.2) is 0 Å². The van der Waals surface area contributed by atoms with E-state index in [1.165, 1.54) is 50.3 Å². The summed E-state index contributed by atoms with van der Waals surface area (Å²) in [6, 6.07) is 3.99. The first-order valence-electron chi connectivity index (χ1n) is 11.6. The molecule has 4 bridgehead atoms. The van der Waals surface area contributed by atoms with Gasteiger partial charge in [0.05, 0.1) is 4.91 Å². The lowest BCUT2D eigenvalue weighted by Crippen LogP contribution is -2.59. The molecule has 0 spiro atoms. The largest absolute Gasteiger partial charge is 0.351 e. The third kappa shape index (κ3) is 4.79. The zero-order valence-electron chi connectivity index (χ0n) is 17.8. The Labute approximate surface area is 198 Å². The highest BCUT2D eigenvalue weighted by molar-refractivity contribution is 8.26. The van der Waals surface area contributed by atoms with E-state index in [1.807, 2.05) is 23.6 Å². The minimum atomic E-state index is 0.0166. The molecule has 1 aliphatic heterocycles. The van der Waals surface area contributed by atoms with Crippen LogP contribution in [-0.4, -0.2) is 33.1 Å². The molecular formula is C24H30N2O2S3. The van der Waals surface area contributed by atoms with Crippen LogP contribution >= 0.6 is 35.3 Å². The third-order valence-electron chi connectivity index (χ3n) is 7.42. The van der Waals surface area contributed by atoms with E-state index < -0.39 is 0 Å². The SMILES string of the molecule is O=C(CCCCCN1C(=O)C(=Cc2cccs2)SC1=S)NC12CC3CC(CC(C3)C1)C2. The zero-order chi connectivity index (χ0) is 21.4. The Morgan fingerprint density at radius 2 is 1.87 bits per heavy atom. The number of carbonyl (C=O) groups excluding carboxylic acids is 2. The maximum atomic E-state index is 12.7. The number of nitrogens with one attached hydrogen (secondary N) is 1. The second-order valence-corrected chi connectivity index (χ2v) is 12.6. The smallest absolute Gasteiger partial charge is 0.266 e. The van der Waals surface area contributed by atoms with Crippen LogP contribution in [0.4, 0.5) is 0 Å². The van der Waals surface area contributed by atoms with Crippen LogP contribution in [0, 0.1) is 17.8 Å². The van der Waals surface area contributed by atoms with Crippen LogP contribution < -0.4 is 5.32 Å². The Bertz CT molecular complexity index is 857. The number of unbranched alkanes of at least 4 members (excludes halogenated alkanes) is 2. The Morgan fingerprint density at radius 3 is 2.52 bits per heavy atom. The predicted molar refractivity (Wildman–Crippen MR) is 132 cm³/mol. The number of nitrogens with zero attached hydrogens (tertiary/aromatic N) is 1. The molecule has 0 aromatic carbocycles. The summed E-state index contributed by atoms with van der Waals surface area (Å²) >= 11 is 8.43. The number of thiocarbonyl (C=S) groups is 1. The molecule has 2 amide bonds. The van der Waals surface area contributed by atoms with E-state index in [4.69, 9.17) is 12.2 Å². The lowest BCUT2D eigenvalue weighted by molar-refractivity contribution is -0.127. The Morgan fingerprint density at radius 1 is 1.16 bits per heavy atom. The van der Waals surface area contributed by atoms with E-state index in [0.717, 1.165) is 41.9 Å². The zero-order valence-corrected chi connectivity index (χ0v) is 20.3. The van der Waals surface area contributed by atoms with Crippen LogP contribution in [0.25, 0.3) is 6.08 Å². The van der Waals surface area contributed by atoms with Crippen molar-refractivity contribution in [1.82, 2.24) is 10.2 Å². The molecular weight excluding hydrogens is 444 g/mol. The van der Waals surface area contributed by atoms with Gasteiger partial charge in [-0.05, 0) is 86.6 Å². The van der Waals surface area contributed by atoms with Gasteiger partial charge >= 0.3 is 0 Å². The highest BCUT2D eigenvalue weighted by Gasteiger charge is 2.51. The molecule has 1 saturated heterocycles. The predicted octanol–water partition coefficient (Wildman–Crippen LogP) is 5.59. The fourth-order valence-electron chi connectivity index (χ4n) is 6.55. The first-order chi connectivity index (χ1) is 15.0. The Kier molecular flexibility index (Phi) is 6.28. The van der Waals surface area contributed by atoms with Crippen molar-refractivity contribution in [3.8, 4) is 0 Å². The van der Waals surface area contributed by atoms with E-state index in [2.05, 4.69) is 5.32 Å². The minimum Gasteiger partial charge on any atom is -0.351 e. The topological polar surface area (TPSA) is 49.4 Å². The van der Waals surface area contributed by atoms with Gasteiger partial charge in [-0.1, -0.05) is 36.5 Å². The van der Waals surface area contributed by atoms with Crippen molar-refractivity contribution in [2.24, 2.45) is 17.8 Å². The summed E-state index contributed by atoms with van der Waals surface area (Å²) in [5.41, 5.74) is 0.114. The van der Waals surface area contributed by atoms with E-state index in [9.17, 15) is 9.59 Å². The number of thioether (sulfide) groups is 1. The van der Waals surface area contributed by atoms with E-state index in [1.54, 1.807) is 16.2 Å². The molecule has 1 N–H and O–H groups in total. The summed E-state index contributed by atoms with van der Waals surface area (Å²) < 4.78 is 0.646. The average Bonchev–Trinajstić information content (AvgIpc) is 3.29. The van der Waals surface area contributed by atoms with E-state index in [-0.39, 0.29) is 17.4 Å². The molecule has 0 radical (unpaired) electrons. The monoisotopic (exact) mass is 474 g/mol. The molecule has 5 aliphatic rings. The molecule has 4 nitrogen and oxygen atoms in total. The Balaban J connectivity index is 1.04. The second kappa shape index (κ2) is 8.99. The number of amides is 2. The second-order valence-electron chi connectivity index (χ2n) is 9.91. The molecule has 2 heterocycles. The normalized spacial score (nSPS) is 33.0. The van der Waals surface area contributed by atoms with E-state index in [0.29, 0.717) is 22.2 Å². The maximum Gasteiger partial charge on any atom is 0.266 e. The van der Waals surface area contributed by atoms with Crippen LogP contribution in [0.1, 0.15) is 69.1 Å². The number of carbonyl (C=O) groups is 2. The van der Waals surface area contributed by atoms with Crippen molar-refractivity contribution in [2.75, 3.05) is 6.54 Å². The first-order valence-corrected chi connectivity index (χ1v) is 13.7. The van der Waals surface area contributed by atoms with Crippen molar-refractivity contribution in [3.05, 3.63) is 27.3 Å². The summed E-state index contributed by atoms with van der Waals surface area (Å²) in [5, 5.41) is 5.47. The van der Waals surface area contributed by atoms with Gasteiger partial charge < -0.3 is 5.32 Å². The number of hydrogen-bond acceptors (Lipinski definition) is 5.